The molecule has 0 saturated heterocycles. The molecule has 23 heavy (non-hydrogen) atoms. The Kier molecular flexibility index (Phi) is 6.71. The Labute approximate surface area is 136 Å². The van der Waals surface area contributed by atoms with Gasteiger partial charge < -0.3 is 10.1 Å². The minimum atomic E-state index is -0.824. The molecule has 7 heteroatoms. The second-order valence-corrected chi connectivity index (χ2v) is 5.37. The molecule has 0 fully saturated rings. The molecule has 0 unspecified atom stereocenters. The Morgan fingerprint density at radius 1 is 1.26 bits per heavy atom. The number of carbonyl (C=O) groups is 3. The molecule has 0 aliphatic rings. The average Bonchev–Trinajstić information content (AvgIpc) is 2.50. The largest absolute Gasteiger partial charge is 0.453 e. The van der Waals surface area contributed by atoms with E-state index < -0.39 is 18.0 Å². The van der Waals surface area contributed by atoms with Gasteiger partial charge in [-0.2, -0.15) is 0 Å². The predicted molar refractivity (Wildman–Crippen MR) is 87.2 cm³/mol. The van der Waals surface area contributed by atoms with E-state index in [2.05, 4.69) is 15.4 Å². The molecule has 0 aliphatic heterocycles. The monoisotopic (exact) mass is 321 g/mol. The summed E-state index contributed by atoms with van der Waals surface area (Å²) in [6.07, 6.45) is -0.824. The van der Waals surface area contributed by atoms with E-state index in [0.29, 0.717) is 0 Å². The molecule has 0 heterocycles. The Hall–Kier alpha value is -2.41. The molecular formula is C16H23N3O4. The van der Waals surface area contributed by atoms with Crippen molar-refractivity contribution >= 4 is 23.6 Å². The fraction of sp³-hybridized carbons (Fsp3) is 0.438. The maximum Gasteiger partial charge on any atom is 0.413 e. The summed E-state index contributed by atoms with van der Waals surface area (Å²) in [6.45, 7) is 5.52. The lowest BCUT2D eigenvalue weighted by molar-refractivity contribution is -0.125. The van der Waals surface area contributed by atoms with Gasteiger partial charge in [-0.15, -0.1) is 0 Å². The van der Waals surface area contributed by atoms with Crippen LogP contribution in [0.25, 0.3) is 0 Å². The topological polar surface area (TPSA) is 87.7 Å². The number of hydrogen-bond acceptors (Lipinski definition) is 5. The van der Waals surface area contributed by atoms with Crippen molar-refractivity contribution in [3.63, 3.8) is 0 Å². The van der Waals surface area contributed by atoms with E-state index in [1.807, 2.05) is 32.0 Å². The Morgan fingerprint density at radius 3 is 2.52 bits per heavy atom. The van der Waals surface area contributed by atoms with Crippen LogP contribution in [0.3, 0.4) is 0 Å². The highest BCUT2D eigenvalue weighted by atomic mass is 16.5. The second kappa shape index (κ2) is 8.28. The van der Waals surface area contributed by atoms with E-state index in [0.717, 1.165) is 16.8 Å². The summed E-state index contributed by atoms with van der Waals surface area (Å²) in [7, 11) is 2.80. The van der Waals surface area contributed by atoms with Crippen LogP contribution in [0.15, 0.2) is 18.2 Å². The number of aryl methyl sites for hydroxylation is 1. The highest BCUT2D eigenvalue weighted by Gasteiger charge is 2.22. The lowest BCUT2D eigenvalue weighted by Gasteiger charge is -2.23. The van der Waals surface area contributed by atoms with Crippen LogP contribution in [-0.4, -0.2) is 49.6 Å². The molecule has 126 valence electrons. The van der Waals surface area contributed by atoms with Crippen molar-refractivity contribution in [2.75, 3.05) is 26.0 Å². The first-order valence-corrected chi connectivity index (χ1v) is 7.21. The predicted octanol–water partition coefficient (Wildman–Crippen LogP) is 1.44. The van der Waals surface area contributed by atoms with Crippen LogP contribution in [0.4, 0.5) is 10.5 Å². The number of carbonyl (C=O) groups excluding carboxylic acids is 3. The number of hydrogen-bond donors (Lipinski definition) is 2. The van der Waals surface area contributed by atoms with Gasteiger partial charge in [-0.1, -0.05) is 12.1 Å². The van der Waals surface area contributed by atoms with Crippen molar-refractivity contribution in [2.24, 2.45) is 0 Å². The maximum absolute atomic E-state index is 12.1. The number of benzene rings is 1. The number of nitrogens with zero attached hydrogens (tertiary/aromatic N) is 1. The SMILES string of the molecule is COC(=O)NC(=O)[C@H](C)N(C)CC(=O)Nc1cccc(C)c1C. The van der Waals surface area contributed by atoms with Crippen LogP contribution in [0.5, 0.6) is 0 Å². The fourth-order valence-electron chi connectivity index (χ4n) is 1.90. The van der Waals surface area contributed by atoms with E-state index in [1.165, 1.54) is 7.11 Å². The third-order valence-electron chi connectivity index (χ3n) is 3.72. The number of amides is 3. The maximum atomic E-state index is 12.1. The second-order valence-electron chi connectivity index (χ2n) is 5.37. The standard InChI is InChI=1S/C16H23N3O4/c1-10-7-6-8-13(11(10)2)17-14(20)9-19(4)12(3)15(21)18-16(22)23-5/h6-8,12H,9H2,1-5H3,(H,17,20)(H,18,21,22)/t12-/m0/s1. The lowest BCUT2D eigenvalue weighted by atomic mass is 10.1. The van der Waals surface area contributed by atoms with E-state index in [1.54, 1.807) is 18.9 Å². The molecule has 1 rings (SSSR count). The molecule has 1 aromatic carbocycles. The van der Waals surface area contributed by atoms with E-state index >= 15 is 0 Å². The summed E-state index contributed by atoms with van der Waals surface area (Å²) in [4.78, 5) is 36.5. The van der Waals surface area contributed by atoms with Gasteiger partial charge in [0.2, 0.25) is 11.8 Å². The summed E-state index contributed by atoms with van der Waals surface area (Å²) < 4.78 is 4.37. The highest BCUT2D eigenvalue weighted by Crippen LogP contribution is 2.17. The number of ether oxygens (including phenoxy) is 1. The third-order valence-corrected chi connectivity index (χ3v) is 3.72. The Morgan fingerprint density at radius 2 is 1.91 bits per heavy atom. The fourth-order valence-corrected chi connectivity index (χ4v) is 1.90. The van der Waals surface area contributed by atoms with Gasteiger partial charge in [0.15, 0.2) is 0 Å². The Balaban J connectivity index is 2.61. The molecule has 0 spiro atoms. The number of nitrogens with one attached hydrogen (secondary N) is 2. The van der Waals surface area contributed by atoms with Crippen molar-refractivity contribution in [2.45, 2.75) is 26.8 Å². The van der Waals surface area contributed by atoms with Gasteiger partial charge in [-0.05, 0) is 45.0 Å². The Bertz CT molecular complexity index is 601. The summed E-state index contributed by atoms with van der Waals surface area (Å²) >= 11 is 0. The van der Waals surface area contributed by atoms with E-state index in [-0.39, 0.29) is 12.5 Å². The molecule has 0 saturated carbocycles. The van der Waals surface area contributed by atoms with Gasteiger partial charge >= 0.3 is 6.09 Å². The van der Waals surface area contributed by atoms with Gasteiger partial charge in [0.05, 0.1) is 19.7 Å². The lowest BCUT2D eigenvalue weighted by Crippen LogP contribution is -2.47. The van der Waals surface area contributed by atoms with E-state index in [9.17, 15) is 14.4 Å². The summed E-state index contributed by atoms with van der Waals surface area (Å²) in [5, 5.41) is 4.90. The highest BCUT2D eigenvalue weighted by molar-refractivity contribution is 5.96. The molecule has 0 aliphatic carbocycles. The van der Waals surface area contributed by atoms with Crippen LogP contribution in [0.1, 0.15) is 18.1 Å². The normalized spacial score (nSPS) is 11.7. The van der Waals surface area contributed by atoms with Crippen LogP contribution in [-0.2, 0) is 14.3 Å². The van der Waals surface area contributed by atoms with Gasteiger partial charge in [-0.25, -0.2) is 4.79 Å². The minimum Gasteiger partial charge on any atom is -0.453 e. The smallest absolute Gasteiger partial charge is 0.413 e. The molecule has 0 aromatic heterocycles. The summed E-state index contributed by atoms with van der Waals surface area (Å²) in [5.41, 5.74) is 2.83. The molecule has 0 bridgehead atoms. The van der Waals surface area contributed by atoms with Crippen molar-refractivity contribution < 1.29 is 19.1 Å². The first-order chi connectivity index (χ1) is 10.8. The number of rotatable bonds is 5. The third kappa shape index (κ3) is 5.37. The molecule has 1 atom stereocenters. The van der Waals surface area contributed by atoms with E-state index in [4.69, 9.17) is 0 Å². The number of methoxy groups -OCH3 is 1. The van der Waals surface area contributed by atoms with Crippen LogP contribution < -0.4 is 10.6 Å². The first kappa shape index (κ1) is 18.6. The van der Waals surface area contributed by atoms with Crippen LogP contribution in [0, 0.1) is 13.8 Å². The molecule has 0 radical (unpaired) electrons. The summed E-state index contributed by atoms with van der Waals surface area (Å²) in [5.74, 6) is -0.766. The van der Waals surface area contributed by atoms with Crippen molar-refractivity contribution in [1.29, 1.82) is 0 Å². The number of imide groups is 1. The number of likely N-dealkylation sites (N-methyl/N-ethyl adjacent to an activating group) is 1. The van der Waals surface area contributed by atoms with Crippen molar-refractivity contribution in [1.82, 2.24) is 10.2 Å². The quantitative estimate of drug-likeness (QED) is 0.857. The van der Waals surface area contributed by atoms with Crippen LogP contribution in [0.2, 0.25) is 0 Å². The molecule has 3 amide bonds. The molecule has 2 N–H and O–H groups in total. The molecule has 1 aromatic rings. The zero-order chi connectivity index (χ0) is 17.6. The molecular weight excluding hydrogens is 298 g/mol. The molecule has 7 nitrogen and oxygen atoms in total. The van der Waals surface area contributed by atoms with Gasteiger partial charge in [0, 0.05) is 5.69 Å². The van der Waals surface area contributed by atoms with Crippen molar-refractivity contribution in [3.05, 3.63) is 29.3 Å². The minimum absolute atomic E-state index is 0.0170. The van der Waals surface area contributed by atoms with Crippen LogP contribution >= 0.6 is 0 Å². The number of anilines is 1. The zero-order valence-corrected chi connectivity index (χ0v) is 14.1. The summed E-state index contributed by atoms with van der Waals surface area (Å²) in [6, 6.07) is 5.01. The van der Waals surface area contributed by atoms with Gasteiger partial charge in [0.25, 0.3) is 0 Å². The average molecular weight is 321 g/mol. The van der Waals surface area contributed by atoms with Gasteiger partial charge in [0.1, 0.15) is 0 Å². The number of alkyl carbamates (subject to hydrolysis) is 1. The van der Waals surface area contributed by atoms with Gasteiger partial charge in [-0.3, -0.25) is 19.8 Å². The zero-order valence-electron chi connectivity index (χ0n) is 14.1. The first-order valence-electron chi connectivity index (χ1n) is 7.21. The van der Waals surface area contributed by atoms with Crippen molar-refractivity contribution in [3.8, 4) is 0 Å².